The number of phenols is 1. The Morgan fingerprint density at radius 1 is 0.821 bits per heavy atom. The normalized spacial score (nSPS) is 26.0. The second-order valence-electron chi connectivity index (χ2n) is 6.85. The maximum Gasteiger partial charge on any atom is 0.205 e. The van der Waals surface area contributed by atoms with E-state index in [0.717, 1.165) is 5.56 Å². The average molecular weight is 388 g/mol. The van der Waals surface area contributed by atoms with E-state index in [0.29, 0.717) is 36.2 Å². The number of hydrogen-bond acceptors (Lipinski definition) is 7. The number of benzene rings is 2. The maximum atomic E-state index is 9.82. The van der Waals surface area contributed by atoms with E-state index in [1.807, 2.05) is 18.2 Å². The summed E-state index contributed by atoms with van der Waals surface area (Å²) in [5.41, 5.74) is 0.956. The molecule has 4 atom stereocenters. The summed E-state index contributed by atoms with van der Waals surface area (Å²) in [5, 5.41) is 9.82. The fourth-order valence-corrected chi connectivity index (χ4v) is 3.87. The molecule has 7 nitrogen and oxygen atoms in total. The van der Waals surface area contributed by atoms with Crippen molar-refractivity contribution in [3.8, 4) is 28.7 Å². The van der Waals surface area contributed by atoms with Gasteiger partial charge in [-0.25, -0.2) is 0 Å². The van der Waals surface area contributed by atoms with E-state index in [9.17, 15) is 5.11 Å². The third-order valence-corrected chi connectivity index (χ3v) is 5.35. The minimum absolute atomic E-state index is 0.109. The number of fused-ring (bicyclic) bond motifs is 1. The largest absolute Gasteiger partial charge is 0.504 e. The number of phenolic OH excluding ortho intramolecular Hbond substituents is 1. The molecule has 2 aromatic carbocycles. The number of aromatic hydroxyl groups is 1. The van der Waals surface area contributed by atoms with E-state index in [1.54, 1.807) is 32.4 Å². The highest BCUT2D eigenvalue weighted by Gasteiger charge is 2.49. The molecule has 4 rings (SSSR count). The zero-order valence-electron chi connectivity index (χ0n) is 16.1. The molecule has 0 spiro atoms. The molecule has 28 heavy (non-hydrogen) atoms. The van der Waals surface area contributed by atoms with Crippen molar-refractivity contribution in [3.05, 3.63) is 42.0 Å². The molecule has 0 aromatic heterocycles. The van der Waals surface area contributed by atoms with Gasteiger partial charge in [-0.2, -0.15) is 0 Å². The van der Waals surface area contributed by atoms with Crippen LogP contribution in [0.15, 0.2) is 36.4 Å². The Morgan fingerprint density at radius 3 is 2.32 bits per heavy atom. The summed E-state index contributed by atoms with van der Waals surface area (Å²) in [5.74, 6) is 2.71. The molecule has 2 aromatic rings. The first kappa shape index (κ1) is 18.7. The zero-order chi connectivity index (χ0) is 19.7. The topological polar surface area (TPSA) is 75.6 Å². The fraction of sp³-hybridized carbons (Fsp3) is 0.429. The van der Waals surface area contributed by atoms with Crippen molar-refractivity contribution in [1.29, 1.82) is 0 Å². The summed E-state index contributed by atoms with van der Waals surface area (Å²) in [4.78, 5) is 0. The van der Waals surface area contributed by atoms with Gasteiger partial charge in [0.05, 0.1) is 46.6 Å². The quantitative estimate of drug-likeness (QED) is 0.815. The lowest BCUT2D eigenvalue weighted by Gasteiger charge is -2.19. The van der Waals surface area contributed by atoms with Crippen LogP contribution in [0.1, 0.15) is 11.7 Å². The van der Waals surface area contributed by atoms with Gasteiger partial charge in [0.25, 0.3) is 0 Å². The van der Waals surface area contributed by atoms with Crippen molar-refractivity contribution in [2.75, 3.05) is 34.5 Å². The highest BCUT2D eigenvalue weighted by molar-refractivity contribution is 5.45. The van der Waals surface area contributed by atoms with Crippen molar-refractivity contribution >= 4 is 0 Å². The van der Waals surface area contributed by atoms with Crippen LogP contribution in [-0.2, 0) is 9.47 Å². The van der Waals surface area contributed by atoms with Crippen molar-refractivity contribution in [2.24, 2.45) is 11.8 Å². The van der Waals surface area contributed by atoms with Gasteiger partial charge in [-0.05, 0) is 29.8 Å². The highest BCUT2D eigenvalue weighted by atomic mass is 16.7. The number of methoxy groups -OCH3 is 3. The Labute approximate surface area is 163 Å². The van der Waals surface area contributed by atoms with Crippen molar-refractivity contribution in [3.63, 3.8) is 0 Å². The minimum Gasteiger partial charge on any atom is -0.504 e. The molecular weight excluding hydrogens is 364 g/mol. The molecule has 0 bridgehead atoms. The summed E-state index contributed by atoms with van der Waals surface area (Å²) in [7, 11) is 4.71. The number of rotatable bonds is 6. The third kappa shape index (κ3) is 3.31. The standard InChI is InChI=1S/C21H24O7/c1-23-17-7-5-13(9-19(17)25-3)28-21-15-11-26-20(14(15)10-27-21)12-4-6-16(22)18(8-12)24-2/h4-9,14-15,20-22H,10-11H2,1-3H3/t14?,15?,20-,21+/m1/s1. The smallest absolute Gasteiger partial charge is 0.205 e. The zero-order valence-corrected chi connectivity index (χ0v) is 16.1. The van der Waals surface area contributed by atoms with Crippen LogP contribution >= 0.6 is 0 Å². The molecule has 2 heterocycles. The molecule has 1 N–H and O–H groups in total. The minimum atomic E-state index is -0.396. The molecule has 0 aliphatic carbocycles. The van der Waals surface area contributed by atoms with Crippen LogP contribution in [0.2, 0.25) is 0 Å². The monoisotopic (exact) mass is 388 g/mol. The van der Waals surface area contributed by atoms with Gasteiger partial charge in [0, 0.05) is 12.0 Å². The Morgan fingerprint density at radius 2 is 1.57 bits per heavy atom. The van der Waals surface area contributed by atoms with Crippen LogP contribution in [0.4, 0.5) is 0 Å². The fourth-order valence-electron chi connectivity index (χ4n) is 3.87. The van der Waals surface area contributed by atoms with E-state index in [2.05, 4.69) is 0 Å². The van der Waals surface area contributed by atoms with E-state index in [1.165, 1.54) is 7.11 Å². The highest BCUT2D eigenvalue weighted by Crippen LogP contribution is 2.46. The number of ether oxygens (including phenoxy) is 6. The van der Waals surface area contributed by atoms with E-state index in [4.69, 9.17) is 28.4 Å². The van der Waals surface area contributed by atoms with Gasteiger partial charge in [-0.1, -0.05) is 6.07 Å². The number of hydrogen-bond donors (Lipinski definition) is 1. The predicted molar refractivity (Wildman–Crippen MR) is 100 cm³/mol. The Hall–Kier alpha value is -2.64. The first-order valence-electron chi connectivity index (χ1n) is 9.13. The summed E-state index contributed by atoms with van der Waals surface area (Å²) in [6, 6.07) is 10.7. The van der Waals surface area contributed by atoms with Gasteiger partial charge in [0.15, 0.2) is 23.0 Å². The maximum absolute atomic E-state index is 9.82. The van der Waals surface area contributed by atoms with Gasteiger partial charge >= 0.3 is 0 Å². The van der Waals surface area contributed by atoms with E-state index >= 15 is 0 Å². The summed E-state index contributed by atoms with van der Waals surface area (Å²) >= 11 is 0. The molecule has 2 aliphatic heterocycles. The molecule has 150 valence electrons. The first-order valence-corrected chi connectivity index (χ1v) is 9.13. The first-order chi connectivity index (χ1) is 13.6. The Bertz CT molecular complexity index is 837. The molecule has 0 radical (unpaired) electrons. The van der Waals surface area contributed by atoms with Gasteiger partial charge in [0.1, 0.15) is 5.75 Å². The van der Waals surface area contributed by atoms with Crippen LogP contribution in [0, 0.1) is 11.8 Å². The van der Waals surface area contributed by atoms with E-state index in [-0.39, 0.29) is 23.7 Å². The van der Waals surface area contributed by atoms with Crippen molar-refractivity contribution in [2.45, 2.75) is 12.4 Å². The van der Waals surface area contributed by atoms with Crippen molar-refractivity contribution < 1.29 is 33.5 Å². The lowest BCUT2D eigenvalue weighted by Crippen LogP contribution is -2.26. The lowest BCUT2D eigenvalue weighted by atomic mass is 9.89. The Kier molecular flexibility index (Phi) is 5.19. The SMILES string of the molecule is COc1cc([C@H]2OCC3C2CO[C@H]3Oc2ccc(OC)c(OC)c2)ccc1O. The second-order valence-corrected chi connectivity index (χ2v) is 6.85. The summed E-state index contributed by atoms with van der Waals surface area (Å²) < 4.78 is 33.9. The molecule has 2 unspecified atom stereocenters. The molecule has 2 fully saturated rings. The average Bonchev–Trinajstić information content (AvgIpc) is 3.31. The molecule has 0 amide bonds. The van der Waals surface area contributed by atoms with Crippen LogP contribution in [0.25, 0.3) is 0 Å². The second kappa shape index (κ2) is 7.77. The molecular formula is C21H24O7. The molecule has 2 aliphatic rings. The van der Waals surface area contributed by atoms with Gasteiger partial charge in [-0.15, -0.1) is 0 Å². The Balaban J connectivity index is 1.48. The molecule has 7 heteroatoms. The third-order valence-electron chi connectivity index (χ3n) is 5.35. The van der Waals surface area contributed by atoms with Crippen LogP contribution in [0.5, 0.6) is 28.7 Å². The van der Waals surface area contributed by atoms with Crippen LogP contribution in [0.3, 0.4) is 0 Å². The molecule has 2 saturated heterocycles. The van der Waals surface area contributed by atoms with Crippen LogP contribution in [-0.4, -0.2) is 45.9 Å². The lowest BCUT2D eigenvalue weighted by molar-refractivity contribution is -0.0788. The summed E-state index contributed by atoms with van der Waals surface area (Å²) in [6.07, 6.45) is -0.523. The van der Waals surface area contributed by atoms with E-state index < -0.39 is 6.29 Å². The van der Waals surface area contributed by atoms with Gasteiger partial charge < -0.3 is 33.5 Å². The summed E-state index contributed by atoms with van der Waals surface area (Å²) in [6.45, 7) is 1.08. The molecule has 0 saturated carbocycles. The van der Waals surface area contributed by atoms with Gasteiger partial charge in [-0.3, -0.25) is 0 Å². The van der Waals surface area contributed by atoms with Crippen molar-refractivity contribution in [1.82, 2.24) is 0 Å². The van der Waals surface area contributed by atoms with Gasteiger partial charge in [0.2, 0.25) is 6.29 Å². The predicted octanol–water partition coefficient (Wildman–Crippen LogP) is 3.16. The van der Waals surface area contributed by atoms with Crippen LogP contribution < -0.4 is 18.9 Å².